The maximum absolute atomic E-state index is 14.1. The van der Waals surface area contributed by atoms with Gasteiger partial charge in [-0.15, -0.1) is 10.2 Å². The second-order valence-corrected chi connectivity index (χ2v) is 8.14. The fourth-order valence-electron chi connectivity index (χ4n) is 4.23. The molecule has 5 rings (SSSR count). The van der Waals surface area contributed by atoms with E-state index in [1.807, 2.05) is 0 Å². The number of aromatic amines is 1. The third-order valence-corrected chi connectivity index (χ3v) is 5.93. The fraction of sp³-hybridized carbons (Fsp3) is 0.250. The number of likely N-dealkylation sites (tertiary alicyclic amines) is 1. The van der Waals surface area contributed by atoms with Crippen LogP contribution in [0.25, 0.3) is 22.6 Å². The quantitative estimate of drug-likeness (QED) is 0.456. The van der Waals surface area contributed by atoms with Gasteiger partial charge in [0.1, 0.15) is 23.1 Å². The zero-order valence-corrected chi connectivity index (χ0v) is 18.0. The van der Waals surface area contributed by atoms with E-state index in [1.54, 1.807) is 17.0 Å². The molecule has 0 unspecified atom stereocenters. The molecule has 1 saturated heterocycles. The lowest BCUT2D eigenvalue weighted by atomic mass is 9.97. The standard InChI is InChI=1S/C24H20F3N5O2/c25-15-6-4-14(5-7-15)19-13-28-30-22(19)24(33)32-10-2-1-3-17(32)12-21-29-31-23(34-21)18-11-16(26)8-9-20(18)27/h4-9,11,13,17H,1-3,10,12H2,(H,28,30)/t17-/m0/s1. The number of nitrogens with zero attached hydrogens (tertiary/aromatic N) is 4. The average molecular weight is 467 g/mol. The largest absolute Gasteiger partial charge is 0.421 e. The molecule has 1 atom stereocenters. The normalized spacial score (nSPS) is 16.1. The molecule has 2 aromatic heterocycles. The maximum Gasteiger partial charge on any atom is 0.272 e. The van der Waals surface area contributed by atoms with Crippen molar-refractivity contribution in [2.45, 2.75) is 31.7 Å². The van der Waals surface area contributed by atoms with Crippen molar-refractivity contribution in [3.8, 4) is 22.6 Å². The van der Waals surface area contributed by atoms with Crippen molar-refractivity contribution in [2.24, 2.45) is 0 Å². The van der Waals surface area contributed by atoms with Gasteiger partial charge in [0.25, 0.3) is 11.8 Å². The van der Waals surface area contributed by atoms with E-state index in [0.717, 1.165) is 37.5 Å². The van der Waals surface area contributed by atoms with Gasteiger partial charge in [0.2, 0.25) is 5.89 Å². The molecule has 4 aromatic rings. The number of carbonyl (C=O) groups is 1. The van der Waals surface area contributed by atoms with Crippen LogP contribution in [-0.2, 0) is 6.42 Å². The first kappa shape index (κ1) is 21.9. The van der Waals surface area contributed by atoms with Crippen molar-refractivity contribution in [1.82, 2.24) is 25.3 Å². The van der Waals surface area contributed by atoms with Crippen LogP contribution in [0.2, 0.25) is 0 Å². The van der Waals surface area contributed by atoms with Crippen molar-refractivity contribution >= 4 is 5.91 Å². The Morgan fingerprint density at radius 1 is 1.03 bits per heavy atom. The molecule has 34 heavy (non-hydrogen) atoms. The number of rotatable bonds is 5. The Bertz CT molecular complexity index is 1320. The van der Waals surface area contributed by atoms with Crippen molar-refractivity contribution < 1.29 is 22.4 Å². The molecule has 0 saturated carbocycles. The molecule has 1 fully saturated rings. The van der Waals surface area contributed by atoms with E-state index in [4.69, 9.17) is 4.42 Å². The fourth-order valence-corrected chi connectivity index (χ4v) is 4.23. The number of nitrogens with one attached hydrogen (secondary N) is 1. The number of piperidine rings is 1. The van der Waals surface area contributed by atoms with Crippen LogP contribution in [0, 0.1) is 17.5 Å². The molecule has 1 N–H and O–H groups in total. The number of H-pyrrole nitrogens is 1. The summed E-state index contributed by atoms with van der Waals surface area (Å²) in [6.07, 6.45) is 4.29. The molecule has 2 aromatic carbocycles. The molecule has 0 spiro atoms. The van der Waals surface area contributed by atoms with Crippen molar-refractivity contribution in [2.75, 3.05) is 6.54 Å². The van der Waals surface area contributed by atoms with Gasteiger partial charge in [-0.1, -0.05) is 12.1 Å². The van der Waals surface area contributed by atoms with Crippen LogP contribution >= 0.6 is 0 Å². The van der Waals surface area contributed by atoms with Crippen LogP contribution in [0.3, 0.4) is 0 Å². The molecule has 0 aliphatic carbocycles. The number of halogens is 3. The zero-order valence-electron chi connectivity index (χ0n) is 18.0. The van der Waals surface area contributed by atoms with E-state index in [9.17, 15) is 18.0 Å². The smallest absolute Gasteiger partial charge is 0.272 e. The molecule has 174 valence electrons. The highest BCUT2D eigenvalue weighted by Gasteiger charge is 2.31. The first-order valence-electron chi connectivity index (χ1n) is 10.9. The summed E-state index contributed by atoms with van der Waals surface area (Å²) in [5, 5.41) is 14.6. The number of hydrogen-bond acceptors (Lipinski definition) is 5. The van der Waals surface area contributed by atoms with E-state index in [-0.39, 0.29) is 41.5 Å². The van der Waals surface area contributed by atoms with E-state index < -0.39 is 11.6 Å². The lowest BCUT2D eigenvalue weighted by molar-refractivity contribution is 0.0600. The zero-order chi connectivity index (χ0) is 23.7. The third-order valence-electron chi connectivity index (χ3n) is 5.93. The van der Waals surface area contributed by atoms with Gasteiger partial charge in [-0.25, -0.2) is 13.2 Å². The molecular weight excluding hydrogens is 447 g/mol. The topological polar surface area (TPSA) is 87.9 Å². The summed E-state index contributed by atoms with van der Waals surface area (Å²) in [4.78, 5) is 15.2. The molecule has 10 heteroatoms. The number of hydrogen-bond donors (Lipinski definition) is 1. The lowest BCUT2D eigenvalue weighted by Crippen LogP contribution is -2.45. The van der Waals surface area contributed by atoms with Crippen molar-refractivity contribution in [3.05, 3.63) is 77.7 Å². The molecular formula is C24H20F3N5O2. The molecule has 7 nitrogen and oxygen atoms in total. The first-order valence-corrected chi connectivity index (χ1v) is 10.9. The van der Waals surface area contributed by atoms with Gasteiger partial charge in [0.15, 0.2) is 0 Å². The Morgan fingerprint density at radius 3 is 2.65 bits per heavy atom. The minimum Gasteiger partial charge on any atom is -0.421 e. The van der Waals surface area contributed by atoms with Crippen LogP contribution < -0.4 is 0 Å². The van der Waals surface area contributed by atoms with Crippen LogP contribution in [0.5, 0.6) is 0 Å². The summed E-state index contributed by atoms with van der Waals surface area (Å²) in [5.74, 6) is -1.78. The Kier molecular flexibility index (Phi) is 5.87. The average Bonchev–Trinajstić information content (AvgIpc) is 3.51. The number of aromatic nitrogens is 4. The Morgan fingerprint density at radius 2 is 1.82 bits per heavy atom. The summed E-state index contributed by atoms with van der Waals surface area (Å²) in [6.45, 7) is 0.533. The predicted octanol–water partition coefficient (Wildman–Crippen LogP) is 4.78. The molecule has 1 aliphatic rings. The highest BCUT2D eigenvalue weighted by atomic mass is 19.1. The van der Waals surface area contributed by atoms with E-state index in [0.29, 0.717) is 23.4 Å². The third kappa shape index (κ3) is 4.30. The minimum atomic E-state index is -0.668. The van der Waals surface area contributed by atoms with Crippen LogP contribution in [0.4, 0.5) is 13.2 Å². The van der Waals surface area contributed by atoms with Gasteiger partial charge in [-0.05, 0) is 55.2 Å². The van der Waals surface area contributed by atoms with Gasteiger partial charge in [0, 0.05) is 24.6 Å². The van der Waals surface area contributed by atoms with Crippen LogP contribution in [-0.4, -0.2) is 43.8 Å². The van der Waals surface area contributed by atoms with E-state index >= 15 is 0 Å². The molecule has 3 heterocycles. The number of amides is 1. The number of carbonyl (C=O) groups excluding carboxylic acids is 1. The molecule has 0 radical (unpaired) electrons. The predicted molar refractivity (Wildman–Crippen MR) is 116 cm³/mol. The van der Waals surface area contributed by atoms with Gasteiger partial charge < -0.3 is 9.32 Å². The second kappa shape index (κ2) is 9.12. The SMILES string of the molecule is O=C(c1[nH]ncc1-c1ccc(F)cc1)N1CCCC[C@H]1Cc1nnc(-c2cc(F)ccc2F)o1. The Labute approximate surface area is 192 Å². The minimum absolute atomic E-state index is 0.114. The van der Waals surface area contributed by atoms with Crippen molar-refractivity contribution in [3.63, 3.8) is 0 Å². The summed E-state index contributed by atoms with van der Waals surface area (Å²) in [5.41, 5.74) is 1.45. The highest BCUT2D eigenvalue weighted by Crippen LogP contribution is 2.28. The molecule has 1 amide bonds. The monoisotopic (exact) mass is 467 g/mol. The lowest BCUT2D eigenvalue weighted by Gasteiger charge is -2.35. The van der Waals surface area contributed by atoms with E-state index in [1.165, 1.54) is 18.3 Å². The summed E-state index contributed by atoms with van der Waals surface area (Å²) in [7, 11) is 0. The van der Waals surface area contributed by atoms with E-state index in [2.05, 4.69) is 20.4 Å². The second-order valence-electron chi connectivity index (χ2n) is 8.14. The van der Waals surface area contributed by atoms with Gasteiger partial charge in [-0.3, -0.25) is 9.89 Å². The molecule has 0 bridgehead atoms. The maximum atomic E-state index is 14.1. The summed E-state index contributed by atoms with van der Waals surface area (Å²) >= 11 is 0. The Hall–Kier alpha value is -3.95. The van der Waals surface area contributed by atoms with Crippen molar-refractivity contribution in [1.29, 1.82) is 0 Å². The van der Waals surface area contributed by atoms with Crippen LogP contribution in [0.1, 0.15) is 35.6 Å². The first-order chi connectivity index (χ1) is 16.5. The van der Waals surface area contributed by atoms with Gasteiger partial charge in [-0.2, -0.15) is 5.10 Å². The molecule has 1 aliphatic heterocycles. The van der Waals surface area contributed by atoms with Gasteiger partial charge >= 0.3 is 0 Å². The van der Waals surface area contributed by atoms with Gasteiger partial charge in [0.05, 0.1) is 11.8 Å². The number of benzene rings is 2. The van der Waals surface area contributed by atoms with Crippen LogP contribution in [0.15, 0.2) is 53.1 Å². The highest BCUT2D eigenvalue weighted by molar-refractivity contribution is 5.99. The summed E-state index contributed by atoms with van der Waals surface area (Å²) < 4.78 is 46.5. The Balaban J connectivity index is 1.37. The summed E-state index contributed by atoms with van der Waals surface area (Å²) in [6, 6.07) is 8.63.